The molecular formula is C29H23Cl2I2N3O4S. The summed E-state index contributed by atoms with van der Waals surface area (Å²) in [6.45, 7) is 2.48. The van der Waals surface area contributed by atoms with E-state index >= 15 is 0 Å². The van der Waals surface area contributed by atoms with Gasteiger partial charge >= 0.3 is 0 Å². The SMILES string of the molecule is O=C(CN1C(=O)S/C(=C/c2cc(I)c(OCc3ccc(Cl)cc3Cl)c(I)c2)C1=O)N1CCN(c2ccccc2)CC1. The first-order valence-corrected chi connectivity index (χ1v) is 16.3. The van der Waals surface area contributed by atoms with Crippen LogP contribution in [0.5, 0.6) is 5.75 Å². The average molecular weight is 834 g/mol. The molecule has 0 spiro atoms. The number of para-hydroxylation sites is 1. The molecule has 0 radical (unpaired) electrons. The number of hydrogen-bond donors (Lipinski definition) is 0. The van der Waals surface area contributed by atoms with Gasteiger partial charge in [0.2, 0.25) is 5.91 Å². The highest BCUT2D eigenvalue weighted by Gasteiger charge is 2.37. The van der Waals surface area contributed by atoms with Crippen LogP contribution in [0.25, 0.3) is 6.08 Å². The van der Waals surface area contributed by atoms with E-state index in [1.54, 1.807) is 23.1 Å². The highest BCUT2D eigenvalue weighted by atomic mass is 127. The van der Waals surface area contributed by atoms with Gasteiger partial charge in [-0.3, -0.25) is 19.3 Å². The van der Waals surface area contributed by atoms with Gasteiger partial charge in [-0.2, -0.15) is 0 Å². The highest BCUT2D eigenvalue weighted by Crippen LogP contribution is 2.35. The smallest absolute Gasteiger partial charge is 0.294 e. The summed E-state index contributed by atoms with van der Waals surface area (Å²) in [5, 5.41) is 0.646. The summed E-state index contributed by atoms with van der Waals surface area (Å²) in [5.41, 5.74) is 2.68. The Morgan fingerprint density at radius 1 is 0.951 bits per heavy atom. The lowest BCUT2D eigenvalue weighted by molar-refractivity contribution is -0.136. The fraction of sp³-hybridized carbons (Fsp3) is 0.207. The number of ether oxygens (including phenoxy) is 1. The van der Waals surface area contributed by atoms with E-state index in [1.165, 1.54) is 0 Å². The van der Waals surface area contributed by atoms with Gasteiger partial charge < -0.3 is 14.5 Å². The van der Waals surface area contributed by atoms with Crippen LogP contribution < -0.4 is 9.64 Å². The zero-order chi connectivity index (χ0) is 29.1. The summed E-state index contributed by atoms with van der Waals surface area (Å²) in [5.74, 6) is 0.00655. The van der Waals surface area contributed by atoms with Crippen molar-refractivity contribution in [1.82, 2.24) is 9.80 Å². The lowest BCUT2D eigenvalue weighted by Crippen LogP contribution is -2.51. The van der Waals surface area contributed by atoms with Crippen molar-refractivity contribution in [3.05, 3.63) is 93.9 Å². The number of imide groups is 1. The van der Waals surface area contributed by atoms with Crippen molar-refractivity contribution < 1.29 is 19.1 Å². The molecule has 12 heteroatoms. The molecule has 2 aliphatic rings. The second-order valence-electron chi connectivity index (χ2n) is 9.31. The third-order valence-electron chi connectivity index (χ3n) is 6.63. The predicted octanol–water partition coefficient (Wildman–Crippen LogP) is 7.17. The molecule has 0 bridgehead atoms. The molecule has 0 atom stereocenters. The fourth-order valence-electron chi connectivity index (χ4n) is 4.47. The van der Waals surface area contributed by atoms with E-state index in [1.807, 2.05) is 48.5 Å². The standard InChI is InChI=1S/C29H23Cl2I2N3O4S/c30-20-7-6-19(22(31)15-20)17-40-27-23(32)12-18(13-24(27)33)14-25-28(38)36(29(39)41-25)16-26(37)35-10-8-34(9-11-35)21-4-2-1-3-5-21/h1-7,12-15H,8-11,16-17H2/b25-14+. The lowest BCUT2D eigenvalue weighted by atomic mass is 10.2. The first-order valence-electron chi connectivity index (χ1n) is 12.6. The molecule has 5 rings (SSSR count). The maximum absolute atomic E-state index is 13.1. The maximum Gasteiger partial charge on any atom is 0.294 e. The third-order valence-corrected chi connectivity index (χ3v) is 9.72. The summed E-state index contributed by atoms with van der Waals surface area (Å²) in [6, 6.07) is 19.1. The van der Waals surface area contributed by atoms with E-state index in [9.17, 15) is 14.4 Å². The number of piperazine rings is 1. The maximum atomic E-state index is 13.1. The molecule has 0 aliphatic carbocycles. The van der Waals surface area contributed by atoms with Crippen LogP contribution in [0.3, 0.4) is 0 Å². The normalized spacial score (nSPS) is 16.6. The molecule has 3 aromatic carbocycles. The van der Waals surface area contributed by atoms with Crippen molar-refractivity contribution in [3.63, 3.8) is 0 Å². The molecule has 41 heavy (non-hydrogen) atoms. The van der Waals surface area contributed by atoms with E-state index in [0.29, 0.717) is 42.0 Å². The number of anilines is 1. The van der Waals surface area contributed by atoms with Gasteiger partial charge in [-0.15, -0.1) is 0 Å². The van der Waals surface area contributed by atoms with Crippen molar-refractivity contribution in [2.45, 2.75) is 6.61 Å². The van der Waals surface area contributed by atoms with Crippen LogP contribution in [0.15, 0.2) is 65.6 Å². The molecule has 0 aromatic heterocycles. The average Bonchev–Trinajstić information content (AvgIpc) is 3.21. The van der Waals surface area contributed by atoms with Crippen molar-refractivity contribution in [1.29, 1.82) is 0 Å². The Labute approximate surface area is 279 Å². The molecule has 2 fully saturated rings. The van der Waals surface area contributed by atoms with E-state index in [2.05, 4.69) is 50.1 Å². The van der Waals surface area contributed by atoms with Gasteiger partial charge in [0.25, 0.3) is 11.1 Å². The van der Waals surface area contributed by atoms with Crippen LogP contribution in [0, 0.1) is 7.14 Å². The van der Waals surface area contributed by atoms with Gasteiger partial charge in [0.15, 0.2) is 0 Å². The Morgan fingerprint density at radius 3 is 2.29 bits per heavy atom. The number of amides is 3. The molecule has 0 N–H and O–H groups in total. The number of carbonyl (C=O) groups excluding carboxylic acids is 3. The van der Waals surface area contributed by atoms with Gasteiger partial charge in [-0.25, -0.2) is 0 Å². The number of carbonyl (C=O) groups is 3. The van der Waals surface area contributed by atoms with Crippen LogP contribution in [0.1, 0.15) is 11.1 Å². The monoisotopic (exact) mass is 833 g/mol. The van der Waals surface area contributed by atoms with Crippen molar-refractivity contribution >= 4 is 109 Å². The van der Waals surface area contributed by atoms with Gasteiger partial charge in [0.1, 0.15) is 18.9 Å². The summed E-state index contributed by atoms with van der Waals surface area (Å²) in [4.78, 5) is 44.1. The first kappa shape index (κ1) is 30.5. The predicted molar refractivity (Wildman–Crippen MR) is 181 cm³/mol. The van der Waals surface area contributed by atoms with Crippen LogP contribution in [-0.2, 0) is 16.2 Å². The topological polar surface area (TPSA) is 70.2 Å². The second kappa shape index (κ2) is 13.5. The van der Waals surface area contributed by atoms with Crippen LogP contribution in [0.4, 0.5) is 10.5 Å². The van der Waals surface area contributed by atoms with Crippen LogP contribution in [-0.4, -0.2) is 59.6 Å². The molecule has 2 aliphatic heterocycles. The van der Waals surface area contributed by atoms with Crippen molar-refractivity contribution in [2.24, 2.45) is 0 Å². The number of nitrogens with zero attached hydrogens (tertiary/aromatic N) is 3. The molecule has 3 aromatic rings. The summed E-state index contributed by atoms with van der Waals surface area (Å²) in [6.07, 6.45) is 1.68. The van der Waals surface area contributed by atoms with Gasteiger partial charge in [0.05, 0.1) is 12.0 Å². The Bertz CT molecular complexity index is 1510. The first-order chi connectivity index (χ1) is 19.7. The molecule has 2 heterocycles. The van der Waals surface area contributed by atoms with E-state index < -0.39 is 11.1 Å². The summed E-state index contributed by atoms with van der Waals surface area (Å²) < 4.78 is 7.73. The Balaban J connectivity index is 1.21. The minimum Gasteiger partial charge on any atom is -0.487 e. The van der Waals surface area contributed by atoms with E-state index in [-0.39, 0.29) is 24.0 Å². The van der Waals surface area contributed by atoms with Gasteiger partial charge in [0, 0.05) is 47.5 Å². The minimum atomic E-state index is -0.459. The molecule has 212 valence electrons. The Morgan fingerprint density at radius 2 is 1.63 bits per heavy atom. The third kappa shape index (κ3) is 7.32. The summed E-state index contributed by atoms with van der Waals surface area (Å²) >= 11 is 17.5. The minimum absolute atomic E-state index is 0.229. The molecule has 0 saturated carbocycles. The molecule has 3 amide bonds. The number of benzene rings is 3. The highest BCUT2D eigenvalue weighted by molar-refractivity contribution is 14.1. The molecule has 2 saturated heterocycles. The van der Waals surface area contributed by atoms with Gasteiger partial charge in [-0.05, 0) is 105 Å². The zero-order valence-corrected chi connectivity index (χ0v) is 28.1. The van der Waals surface area contributed by atoms with Crippen molar-refractivity contribution in [3.8, 4) is 5.75 Å². The Kier molecular flexibility index (Phi) is 10.1. The molecule has 0 unspecified atom stereocenters. The van der Waals surface area contributed by atoms with E-state index in [0.717, 1.165) is 40.6 Å². The number of rotatable bonds is 7. The fourth-order valence-corrected chi connectivity index (χ4v) is 7.89. The number of thioether (sulfide) groups is 1. The molecular weight excluding hydrogens is 811 g/mol. The second-order valence-corrected chi connectivity index (χ2v) is 13.5. The lowest BCUT2D eigenvalue weighted by Gasteiger charge is -2.36. The van der Waals surface area contributed by atoms with Crippen LogP contribution in [0.2, 0.25) is 10.0 Å². The number of hydrogen-bond acceptors (Lipinski definition) is 6. The zero-order valence-electron chi connectivity index (χ0n) is 21.5. The Hall–Kier alpha value is -2.00. The van der Waals surface area contributed by atoms with Crippen molar-refractivity contribution in [2.75, 3.05) is 37.6 Å². The molecule has 7 nitrogen and oxygen atoms in total. The quantitative estimate of drug-likeness (QED) is 0.186. The van der Waals surface area contributed by atoms with Crippen LogP contribution >= 0.6 is 80.1 Å². The largest absolute Gasteiger partial charge is 0.487 e. The van der Waals surface area contributed by atoms with Gasteiger partial charge in [-0.1, -0.05) is 47.5 Å². The van der Waals surface area contributed by atoms with E-state index in [4.69, 9.17) is 27.9 Å². The number of halogens is 4. The summed E-state index contributed by atoms with van der Waals surface area (Å²) in [7, 11) is 0.